The van der Waals surface area contributed by atoms with E-state index < -0.39 is 0 Å². The van der Waals surface area contributed by atoms with Gasteiger partial charge in [-0.25, -0.2) is 9.97 Å². The van der Waals surface area contributed by atoms with E-state index in [1.54, 1.807) is 12.4 Å². The summed E-state index contributed by atoms with van der Waals surface area (Å²) in [5, 5.41) is 6.56. The number of halogens is 1. The highest BCUT2D eigenvalue weighted by atomic mass is 79.9. The van der Waals surface area contributed by atoms with Gasteiger partial charge in [-0.05, 0) is 28.8 Å². The van der Waals surface area contributed by atoms with Crippen molar-refractivity contribution in [3.63, 3.8) is 0 Å². The van der Waals surface area contributed by atoms with E-state index in [-0.39, 0.29) is 0 Å². The van der Waals surface area contributed by atoms with Crippen LogP contribution in [0.5, 0.6) is 0 Å². The molecule has 1 heterocycles. The lowest BCUT2D eigenvalue weighted by Gasteiger charge is -2.04. The zero-order chi connectivity index (χ0) is 9.80. The van der Waals surface area contributed by atoms with Crippen molar-refractivity contribution in [1.29, 1.82) is 0 Å². The molecule has 1 aliphatic carbocycles. The highest BCUT2D eigenvalue weighted by molar-refractivity contribution is 9.10. The van der Waals surface area contributed by atoms with Crippen molar-refractivity contribution in [2.45, 2.75) is 18.9 Å². The fourth-order valence-electron chi connectivity index (χ4n) is 1.14. The summed E-state index contributed by atoms with van der Waals surface area (Å²) in [5.74, 6) is 0.686. The predicted octanol–water partition coefficient (Wildman–Crippen LogP) is 1.40. The minimum absolute atomic E-state index is 0.686. The van der Waals surface area contributed by atoms with E-state index >= 15 is 0 Å². The van der Waals surface area contributed by atoms with E-state index in [0.717, 1.165) is 23.6 Å². The van der Waals surface area contributed by atoms with Crippen LogP contribution >= 0.6 is 15.9 Å². The molecule has 0 aromatic carbocycles. The number of hydrogen-bond acceptors (Lipinski definition) is 4. The predicted molar refractivity (Wildman–Crippen MR) is 59.2 cm³/mol. The number of aromatic nitrogens is 2. The summed E-state index contributed by atoms with van der Waals surface area (Å²) in [5.41, 5.74) is 0. The Bertz CT molecular complexity index is 283. The standard InChI is InChI=1S/C9H13BrN4/c10-7-5-13-9(14-6-7)12-4-3-11-8-1-2-8/h5-6,8,11H,1-4H2,(H,12,13,14). The maximum Gasteiger partial charge on any atom is 0.222 e. The fraction of sp³-hybridized carbons (Fsp3) is 0.556. The minimum atomic E-state index is 0.686. The second-order valence-corrected chi connectivity index (χ2v) is 4.30. The van der Waals surface area contributed by atoms with Gasteiger partial charge in [0.05, 0.1) is 4.47 Å². The topological polar surface area (TPSA) is 49.8 Å². The molecule has 0 atom stereocenters. The van der Waals surface area contributed by atoms with E-state index in [0.29, 0.717) is 5.95 Å². The van der Waals surface area contributed by atoms with Gasteiger partial charge < -0.3 is 10.6 Å². The van der Waals surface area contributed by atoms with Gasteiger partial charge in [-0.15, -0.1) is 0 Å². The molecular weight excluding hydrogens is 244 g/mol. The largest absolute Gasteiger partial charge is 0.353 e. The zero-order valence-electron chi connectivity index (χ0n) is 7.83. The third kappa shape index (κ3) is 3.23. The van der Waals surface area contributed by atoms with Gasteiger partial charge in [0.25, 0.3) is 0 Å². The molecule has 76 valence electrons. The molecule has 4 nitrogen and oxygen atoms in total. The molecule has 1 aromatic heterocycles. The minimum Gasteiger partial charge on any atom is -0.353 e. The molecule has 1 aromatic rings. The van der Waals surface area contributed by atoms with Gasteiger partial charge in [-0.2, -0.15) is 0 Å². The van der Waals surface area contributed by atoms with E-state index in [2.05, 4.69) is 36.5 Å². The third-order valence-corrected chi connectivity index (χ3v) is 2.45. The van der Waals surface area contributed by atoms with Crippen LogP contribution in [0.15, 0.2) is 16.9 Å². The first kappa shape index (κ1) is 9.86. The average Bonchev–Trinajstić information content (AvgIpc) is 2.99. The van der Waals surface area contributed by atoms with E-state index in [1.807, 2.05) is 0 Å². The molecule has 14 heavy (non-hydrogen) atoms. The first-order valence-electron chi connectivity index (χ1n) is 4.79. The molecule has 2 rings (SSSR count). The lowest BCUT2D eigenvalue weighted by Crippen LogP contribution is -2.24. The van der Waals surface area contributed by atoms with Gasteiger partial charge in [0.1, 0.15) is 0 Å². The number of anilines is 1. The Morgan fingerprint density at radius 1 is 1.29 bits per heavy atom. The van der Waals surface area contributed by atoms with Crippen LogP contribution in [0.3, 0.4) is 0 Å². The second-order valence-electron chi connectivity index (χ2n) is 3.38. The molecule has 1 aliphatic rings. The maximum absolute atomic E-state index is 4.11. The molecule has 0 saturated heterocycles. The van der Waals surface area contributed by atoms with Crippen LogP contribution in [0.4, 0.5) is 5.95 Å². The highest BCUT2D eigenvalue weighted by Gasteiger charge is 2.19. The monoisotopic (exact) mass is 256 g/mol. The van der Waals surface area contributed by atoms with Crippen LogP contribution < -0.4 is 10.6 Å². The van der Waals surface area contributed by atoms with Gasteiger partial charge in [-0.1, -0.05) is 0 Å². The lowest BCUT2D eigenvalue weighted by atomic mass is 10.5. The summed E-state index contributed by atoms with van der Waals surface area (Å²) < 4.78 is 0.902. The van der Waals surface area contributed by atoms with Crippen molar-refractivity contribution in [2.75, 3.05) is 18.4 Å². The SMILES string of the molecule is Brc1cnc(NCCNC2CC2)nc1. The molecule has 0 amide bonds. The molecule has 0 spiro atoms. The molecule has 0 radical (unpaired) electrons. The van der Waals surface area contributed by atoms with Crippen LogP contribution in [-0.4, -0.2) is 29.1 Å². The molecule has 2 N–H and O–H groups in total. The summed E-state index contributed by atoms with van der Waals surface area (Å²) in [4.78, 5) is 8.23. The lowest BCUT2D eigenvalue weighted by molar-refractivity contribution is 0.699. The number of nitrogens with one attached hydrogen (secondary N) is 2. The number of hydrogen-bond donors (Lipinski definition) is 2. The second kappa shape index (κ2) is 4.70. The molecule has 1 fully saturated rings. The Morgan fingerprint density at radius 2 is 2.00 bits per heavy atom. The van der Waals surface area contributed by atoms with Crippen molar-refractivity contribution < 1.29 is 0 Å². The van der Waals surface area contributed by atoms with E-state index in [9.17, 15) is 0 Å². The molecule has 0 unspecified atom stereocenters. The number of nitrogens with zero attached hydrogens (tertiary/aromatic N) is 2. The summed E-state index contributed by atoms with van der Waals surface area (Å²) in [6, 6.07) is 0.766. The van der Waals surface area contributed by atoms with E-state index in [4.69, 9.17) is 0 Å². The first-order valence-corrected chi connectivity index (χ1v) is 5.59. The number of rotatable bonds is 5. The Kier molecular flexibility index (Phi) is 3.31. The molecule has 0 bridgehead atoms. The quantitative estimate of drug-likeness (QED) is 0.783. The van der Waals surface area contributed by atoms with Crippen molar-refractivity contribution in [2.24, 2.45) is 0 Å². The van der Waals surface area contributed by atoms with Gasteiger partial charge in [0, 0.05) is 31.5 Å². The van der Waals surface area contributed by atoms with Crippen LogP contribution in [0, 0.1) is 0 Å². The van der Waals surface area contributed by atoms with Crippen molar-refractivity contribution in [3.05, 3.63) is 16.9 Å². The highest BCUT2D eigenvalue weighted by Crippen LogP contribution is 2.17. The Morgan fingerprint density at radius 3 is 2.64 bits per heavy atom. The Hall–Kier alpha value is -0.680. The Balaban J connectivity index is 1.66. The third-order valence-electron chi connectivity index (χ3n) is 2.04. The van der Waals surface area contributed by atoms with Crippen LogP contribution in [-0.2, 0) is 0 Å². The van der Waals surface area contributed by atoms with E-state index in [1.165, 1.54) is 12.8 Å². The van der Waals surface area contributed by atoms with Crippen LogP contribution in [0.1, 0.15) is 12.8 Å². The Labute approximate surface area is 91.7 Å². The normalized spacial score (nSPS) is 15.5. The summed E-state index contributed by atoms with van der Waals surface area (Å²) in [6.07, 6.45) is 6.14. The maximum atomic E-state index is 4.11. The molecule has 5 heteroatoms. The molecule has 0 aliphatic heterocycles. The fourth-order valence-corrected chi connectivity index (χ4v) is 1.35. The molecule has 1 saturated carbocycles. The van der Waals surface area contributed by atoms with Gasteiger partial charge in [-0.3, -0.25) is 0 Å². The van der Waals surface area contributed by atoms with Crippen molar-refractivity contribution in [1.82, 2.24) is 15.3 Å². The van der Waals surface area contributed by atoms with Crippen molar-refractivity contribution in [3.8, 4) is 0 Å². The van der Waals surface area contributed by atoms with Crippen LogP contribution in [0.25, 0.3) is 0 Å². The smallest absolute Gasteiger partial charge is 0.222 e. The van der Waals surface area contributed by atoms with Crippen LogP contribution in [0.2, 0.25) is 0 Å². The summed E-state index contributed by atoms with van der Waals surface area (Å²) in [6.45, 7) is 1.85. The average molecular weight is 257 g/mol. The molecular formula is C9H13BrN4. The summed E-state index contributed by atoms with van der Waals surface area (Å²) >= 11 is 3.29. The van der Waals surface area contributed by atoms with Gasteiger partial charge in [0.15, 0.2) is 0 Å². The van der Waals surface area contributed by atoms with Gasteiger partial charge >= 0.3 is 0 Å². The van der Waals surface area contributed by atoms with Gasteiger partial charge in [0.2, 0.25) is 5.95 Å². The first-order chi connectivity index (χ1) is 6.84. The summed E-state index contributed by atoms with van der Waals surface area (Å²) in [7, 11) is 0. The van der Waals surface area contributed by atoms with Crippen molar-refractivity contribution >= 4 is 21.9 Å². The zero-order valence-corrected chi connectivity index (χ0v) is 9.42.